The Morgan fingerprint density at radius 1 is 1.47 bits per heavy atom. The molecule has 0 aliphatic carbocycles. The van der Waals surface area contributed by atoms with Crippen LogP contribution in [0.15, 0.2) is 12.1 Å². The molecule has 19 heavy (non-hydrogen) atoms. The summed E-state index contributed by atoms with van der Waals surface area (Å²) in [4.78, 5) is 25.0. The minimum Gasteiger partial charge on any atom is -0.478 e. The molecule has 0 radical (unpaired) electrons. The van der Waals surface area contributed by atoms with E-state index >= 15 is 0 Å². The van der Waals surface area contributed by atoms with Crippen LogP contribution in [0.5, 0.6) is 0 Å². The van der Waals surface area contributed by atoms with Crippen LogP contribution in [-0.2, 0) is 4.79 Å². The number of carboxylic acids is 1. The molecule has 102 valence electrons. The van der Waals surface area contributed by atoms with Crippen LogP contribution < -0.4 is 4.90 Å². The molecule has 0 saturated carbocycles. The van der Waals surface area contributed by atoms with Crippen LogP contribution in [0, 0.1) is 19.8 Å². The number of hydrogen-bond donors (Lipinski definition) is 2. The number of rotatable bonds is 3. The average molecular weight is 279 g/mol. The molecule has 1 saturated heterocycles. The van der Waals surface area contributed by atoms with E-state index in [-0.39, 0.29) is 17.4 Å². The van der Waals surface area contributed by atoms with Crippen LogP contribution in [-0.4, -0.2) is 29.3 Å². The first-order chi connectivity index (χ1) is 8.93. The lowest BCUT2D eigenvalue weighted by Crippen LogP contribution is -2.27. The monoisotopic (exact) mass is 279 g/mol. The molecule has 1 unspecified atom stereocenters. The number of carbonyl (C=O) groups excluding carboxylic acids is 1. The van der Waals surface area contributed by atoms with Gasteiger partial charge in [-0.3, -0.25) is 4.79 Å². The highest BCUT2D eigenvalue weighted by Gasteiger charge is 2.33. The molecule has 1 aliphatic rings. The summed E-state index contributed by atoms with van der Waals surface area (Å²) >= 11 is 4.22. The summed E-state index contributed by atoms with van der Waals surface area (Å²) < 4.78 is 0. The van der Waals surface area contributed by atoms with Gasteiger partial charge in [0.15, 0.2) is 0 Å². The summed E-state index contributed by atoms with van der Waals surface area (Å²) in [6.45, 7) is 4.24. The van der Waals surface area contributed by atoms with Crippen molar-refractivity contribution in [2.45, 2.75) is 20.3 Å². The van der Waals surface area contributed by atoms with Gasteiger partial charge in [0.2, 0.25) is 5.91 Å². The Balaban J connectivity index is 2.50. The fourth-order valence-corrected chi connectivity index (χ4v) is 2.85. The SMILES string of the molecule is Cc1cc(C)c(N2CC(CS)CC2=O)c(C(=O)O)c1. The Bertz CT molecular complexity index is 542. The smallest absolute Gasteiger partial charge is 0.337 e. The number of nitrogens with zero attached hydrogens (tertiary/aromatic N) is 1. The number of anilines is 1. The molecule has 0 spiro atoms. The summed E-state index contributed by atoms with van der Waals surface area (Å²) in [7, 11) is 0. The Hall–Kier alpha value is -1.49. The van der Waals surface area contributed by atoms with Crippen LogP contribution in [0.2, 0.25) is 0 Å². The molecule has 1 heterocycles. The standard InChI is InChI=1S/C14H17NO3S/c1-8-3-9(2)13(11(4-8)14(17)18)15-6-10(7-19)5-12(15)16/h3-4,10,19H,5-7H2,1-2H3,(H,17,18). The summed E-state index contributed by atoms with van der Waals surface area (Å²) in [6, 6.07) is 3.52. The van der Waals surface area contributed by atoms with Gasteiger partial charge in [0.25, 0.3) is 0 Å². The van der Waals surface area contributed by atoms with E-state index in [0.717, 1.165) is 11.1 Å². The second kappa shape index (κ2) is 5.25. The van der Waals surface area contributed by atoms with E-state index in [1.54, 1.807) is 11.0 Å². The molecule has 1 amide bonds. The molecule has 0 bridgehead atoms. The van der Waals surface area contributed by atoms with E-state index in [4.69, 9.17) is 0 Å². The Morgan fingerprint density at radius 3 is 2.68 bits per heavy atom. The Kier molecular flexibility index (Phi) is 3.85. The number of carboxylic acid groups (broad SMARTS) is 1. The number of aryl methyl sites for hydroxylation is 2. The number of carbonyl (C=O) groups is 2. The highest BCUT2D eigenvalue weighted by Crippen LogP contribution is 2.32. The van der Waals surface area contributed by atoms with Gasteiger partial charge < -0.3 is 10.0 Å². The first-order valence-corrected chi connectivity index (χ1v) is 6.83. The largest absolute Gasteiger partial charge is 0.478 e. The van der Waals surface area contributed by atoms with Gasteiger partial charge in [0, 0.05) is 13.0 Å². The van der Waals surface area contributed by atoms with Crippen molar-refractivity contribution in [3.63, 3.8) is 0 Å². The average Bonchev–Trinajstić information content (AvgIpc) is 2.69. The number of benzene rings is 1. The van der Waals surface area contributed by atoms with Crippen LogP contribution in [0.3, 0.4) is 0 Å². The maximum absolute atomic E-state index is 12.1. The minimum atomic E-state index is -0.996. The van der Waals surface area contributed by atoms with Crippen molar-refractivity contribution in [1.82, 2.24) is 0 Å². The fourth-order valence-electron chi connectivity index (χ4n) is 2.60. The molecule has 1 aliphatic heterocycles. The third kappa shape index (κ3) is 2.61. The molecule has 1 atom stereocenters. The number of aromatic carboxylic acids is 1. The topological polar surface area (TPSA) is 57.6 Å². The zero-order chi connectivity index (χ0) is 14.2. The van der Waals surface area contributed by atoms with Gasteiger partial charge in [-0.25, -0.2) is 4.79 Å². The highest BCUT2D eigenvalue weighted by molar-refractivity contribution is 7.80. The molecular weight excluding hydrogens is 262 g/mol. The van der Waals surface area contributed by atoms with Crippen molar-refractivity contribution in [1.29, 1.82) is 0 Å². The van der Waals surface area contributed by atoms with Crippen molar-refractivity contribution in [2.75, 3.05) is 17.2 Å². The van der Waals surface area contributed by atoms with Crippen molar-refractivity contribution in [3.05, 3.63) is 28.8 Å². The van der Waals surface area contributed by atoms with Crippen molar-refractivity contribution in [2.24, 2.45) is 5.92 Å². The van der Waals surface area contributed by atoms with E-state index in [1.165, 1.54) is 0 Å². The van der Waals surface area contributed by atoms with Crippen LogP contribution in [0.4, 0.5) is 5.69 Å². The van der Waals surface area contributed by atoms with Crippen LogP contribution in [0.1, 0.15) is 27.9 Å². The summed E-state index contributed by atoms with van der Waals surface area (Å²) in [6.07, 6.45) is 0.440. The lowest BCUT2D eigenvalue weighted by Gasteiger charge is -2.22. The molecule has 1 N–H and O–H groups in total. The van der Waals surface area contributed by atoms with E-state index in [9.17, 15) is 14.7 Å². The van der Waals surface area contributed by atoms with Gasteiger partial charge in [-0.2, -0.15) is 12.6 Å². The number of hydrogen-bond acceptors (Lipinski definition) is 3. The fraction of sp³-hybridized carbons (Fsp3) is 0.429. The van der Waals surface area contributed by atoms with Gasteiger partial charge in [0.1, 0.15) is 0 Å². The van der Waals surface area contributed by atoms with Gasteiger partial charge in [0.05, 0.1) is 11.3 Å². The molecule has 4 nitrogen and oxygen atoms in total. The third-order valence-electron chi connectivity index (χ3n) is 3.41. The normalized spacial score (nSPS) is 19.0. The van der Waals surface area contributed by atoms with Crippen LogP contribution >= 0.6 is 12.6 Å². The lowest BCUT2D eigenvalue weighted by atomic mass is 10.0. The van der Waals surface area contributed by atoms with E-state index in [1.807, 2.05) is 19.9 Å². The van der Waals surface area contributed by atoms with E-state index in [2.05, 4.69) is 12.6 Å². The van der Waals surface area contributed by atoms with Gasteiger partial charge >= 0.3 is 5.97 Å². The lowest BCUT2D eigenvalue weighted by molar-refractivity contribution is -0.117. The molecule has 1 fully saturated rings. The maximum atomic E-state index is 12.1. The molecule has 1 aromatic carbocycles. The predicted molar refractivity (Wildman–Crippen MR) is 77.2 cm³/mol. The number of thiol groups is 1. The summed E-state index contributed by atoms with van der Waals surface area (Å²) in [5.41, 5.74) is 2.44. The van der Waals surface area contributed by atoms with Crippen molar-refractivity contribution >= 4 is 30.2 Å². The second-order valence-electron chi connectivity index (χ2n) is 5.04. The third-order valence-corrected chi connectivity index (χ3v) is 3.92. The van der Waals surface area contributed by atoms with Gasteiger partial charge in [-0.15, -0.1) is 0 Å². The first-order valence-electron chi connectivity index (χ1n) is 6.19. The molecular formula is C14H17NO3S. The van der Waals surface area contributed by atoms with Crippen molar-refractivity contribution < 1.29 is 14.7 Å². The zero-order valence-electron chi connectivity index (χ0n) is 11.0. The van der Waals surface area contributed by atoms with Crippen molar-refractivity contribution in [3.8, 4) is 0 Å². The van der Waals surface area contributed by atoms with Gasteiger partial charge in [-0.05, 0) is 42.7 Å². The molecule has 5 heteroatoms. The maximum Gasteiger partial charge on any atom is 0.337 e. The molecule has 2 rings (SSSR count). The molecule has 0 aromatic heterocycles. The van der Waals surface area contributed by atoms with Gasteiger partial charge in [-0.1, -0.05) is 6.07 Å². The predicted octanol–water partition coefficient (Wildman–Crippen LogP) is 2.28. The Labute approximate surface area is 117 Å². The minimum absolute atomic E-state index is 0.0199. The number of amides is 1. The van der Waals surface area contributed by atoms with E-state index in [0.29, 0.717) is 24.4 Å². The van der Waals surface area contributed by atoms with E-state index < -0.39 is 5.97 Å². The zero-order valence-corrected chi connectivity index (χ0v) is 11.9. The van der Waals surface area contributed by atoms with Crippen LogP contribution in [0.25, 0.3) is 0 Å². The molecule has 1 aromatic rings. The first kappa shape index (κ1) is 13.9. The summed E-state index contributed by atoms with van der Waals surface area (Å²) in [5, 5.41) is 9.33. The Morgan fingerprint density at radius 2 is 2.16 bits per heavy atom. The highest BCUT2D eigenvalue weighted by atomic mass is 32.1. The second-order valence-corrected chi connectivity index (χ2v) is 5.41. The summed E-state index contributed by atoms with van der Waals surface area (Å²) in [5.74, 6) is -0.189. The quantitative estimate of drug-likeness (QED) is 0.835.